The molecule has 0 saturated heterocycles. The highest BCUT2D eigenvalue weighted by Crippen LogP contribution is 2.44. The third-order valence-electron chi connectivity index (χ3n) is 15.6. The van der Waals surface area contributed by atoms with Crippen molar-refractivity contribution in [3.63, 3.8) is 0 Å². The Morgan fingerprint density at radius 2 is 1.22 bits per heavy atom. The number of alkyl halides is 3. The van der Waals surface area contributed by atoms with Crippen LogP contribution in [0.4, 0.5) is 41.1 Å². The van der Waals surface area contributed by atoms with E-state index in [0.717, 1.165) is 29.0 Å². The topological polar surface area (TPSA) is 321 Å². The smallest absolute Gasteiger partial charge is 0.468 e. The number of nitrogens with zero attached hydrogens (tertiary/aromatic N) is 9. The van der Waals surface area contributed by atoms with E-state index in [2.05, 4.69) is 41.0 Å². The molecular formula is C59H61F4N13O10S4. The van der Waals surface area contributed by atoms with Gasteiger partial charge in [-0.2, -0.15) is 9.97 Å². The van der Waals surface area contributed by atoms with E-state index in [1.165, 1.54) is 77.7 Å². The molecule has 7 N–H and O–H groups in total. The van der Waals surface area contributed by atoms with Gasteiger partial charge in [-0.1, -0.05) is 12.1 Å². The Kier molecular flexibility index (Phi) is 18.5. The number of aliphatic hydroxyl groups is 3. The van der Waals surface area contributed by atoms with Crippen molar-refractivity contribution in [2.75, 3.05) is 52.5 Å². The molecular weight excluding hydrogens is 1250 g/mol. The quantitative estimate of drug-likeness (QED) is 0.0179. The molecule has 2 saturated carbocycles. The zero-order valence-electron chi connectivity index (χ0n) is 48.8. The largest absolute Gasteiger partial charge is 0.573 e. The predicted molar refractivity (Wildman–Crippen MR) is 329 cm³/mol. The fourth-order valence-corrected chi connectivity index (χ4v) is 16.6. The van der Waals surface area contributed by atoms with Crippen LogP contribution in [0.15, 0.2) is 107 Å². The van der Waals surface area contributed by atoms with Crippen LogP contribution in [-0.2, 0) is 24.4 Å². The SMILES string of the molecule is CCOCCNc1nc(C)c(-c2nc3c(C)nccc3s2)c(N[C@@H]2C[C@H](CS(=O)(=O)c3ccncc3)[C@@H](O)[C@H]2Oc2nccc3sc(-c4c(C)nc(N[C@H](C)c5ccc(OC(F)(F)F)cc5)nc4NC4C[C@H](CS(=O)(=O)c5ccc(F)cc5)[C@@H](O)[C@H]4O)nc23)n1. The predicted octanol–water partition coefficient (Wildman–Crippen LogP) is 8.67. The average Bonchev–Trinajstić information content (AvgIpc) is 1.61. The zero-order chi connectivity index (χ0) is 63.8. The fraction of sp³-hybridized carbons (Fsp3) is 0.373. The van der Waals surface area contributed by atoms with Gasteiger partial charge >= 0.3 is 6.36 Å². The van der Waals surface area contributed by atoms with Crippen molar-refractivity contribution in [1.29, 1.82) is 0 Å². The van der Waals surface area contributed by atoms with Gasteiger partial charge in [-0.15, -0.1) is 35.8 Å². The molecule has 0 aliphatic heterocycles. The molecule has 1 unspecified atom stereocenters. The lowest BCUT2D eigenvalue weighted by atomic mass is 10.1. The van der Waals surface area contributed by atoms with E-state index in [4.69, 9.17) is 39.4 Å². The summed E-state index contributed by atoms with van der Waals surface area (Å²) in [5.74, 6) is -3.40. The number of aromatic nitrogens is 9. The van der Waals surface area contributed by atoms with Crippen molar-refractivity contribution >= 4 is 86.3 Å². The lowest BCUT2D eigenvalue weighted by molar-refractivity contribution is -0.274. The summed E-state index contributed by atoms with van der Waals surface area (Å²) in [7, 11) is -8.10. The highest BCUT2D eigenvalue weighted by molar-refractivity contribution is 7.91. The highest BCUT2D eigenvalue weighted by atomic mass is 32.2. The van der Waals surface area contributed by atoms with Crippen molar-refractivity contribution in [3.8, 4) is 32.8 Å². The van der Waals surface area contributed by atoms with Crippen molar-refractivity contribution in [3.05, 3.63) is 126 Å². The molecule has 0 amide bonds. The number of benzene rings is 2. The number of nitrogens with one attached hydrogen (secondary N) is 4. The number of ether oxygens (including phenoxy) is 3. The Labute approximate surface area is 521 Å². The molecule has 11 rings (SSSR count). The minimum atomic E-state index is -4.90. The molecule has 0 spiro atoms. The number of thiazole rings is 2. The number of anilines is 4. The number of rotatable bonds is 23. The molecule has 9 aromatic rings. The molecule has 0 radical (unpaired) electrons. The van der Waals surface area contributed by atoms with E-state index in [9.17, 15) is 49.7 Å². The number of aryl methyl sites for hydroxylation is 3. The molecule has 2 aliphatic rings. The van der Waals surface area contributed by atoms with Gasteiger partial charge in [0.25, 0.3) is 0 Å². The third-order valence-corrected chi connectivity index (χ3v) is 21.4. The number of fused-ring (bicyclic) bond motifs is 2. The van der Waals surface area contributed by atoms with Crippen molar-refractivity contribution < 1.29 is 63.9 Å². The first-order chi connectivity index (χ1) is 42.9. The number of sulfone groups is 2. The average molecular weight is 1320 g/mol. The summed E-state index contributed by atoms with van der Waals surface area (Å²) in [6.07, 6.45) is -4.73. The maximum Gasteiger partial charge on any atom is 0.573 e. The number of aliphatic hydroxyl groups excluding tert-OH is 3. The Balaban J connectivity index is 0.955. The Hall–Kier alpha value is -7.91. The second kappa shape index (κ2) is 26.1. The van der Waals surface area contributed by atoms with Gasteiger partial charge in [0.15, 0.2) is 19.7 Å². The van der Waals surface area contributed by atoms with E-state index in [1.807, 2.05) is 26.8 Å². The van der Waals surface area contributed by atoms with Crippen LogP contribution in [0.2, 0.25) is 0 Å². The first-order valence-electron chi connectivity index (χ1n) is 28.5. The highest BCUT2D eigenvalue weighted by Gasteiger charge is 2.48. The number of pyridine rings is 3. The van der Waals surface area contributed by atoms with Crippen LogP contribution in [-0.4, -0.2) is 151 Å². The standard InChI is InChI=1S/C59H61F4N13O10S4/c1-6-84-24-23-67-57-69-30(3)44(55-73-46-32(5)65-21-17-42(46)87-55)53(75-57)72-41-26-35(28-90(82,83)39-15-19-64-20-16-39)49(78)51(41)85-54-47-43(18-22-66-54)88-56(74-47)45-31(4)70-58(68-29(2)33-7-11-37(12-8-33)86-59(61,62)63)76-52(45)71-40-25-34(48(77)50(40)79)27-89(80,81)38-13-9-36(60)10-14-38/h7-22,29,34-35,40-41,48-51,77-79H,6,23-28H2,1-5H3,(H2,67,69,72,75)(H2,68,70,71,76)/t29-,34-,35-,40?,41-,48-,49-,50+,51+/m1/s1. The lowest BCUT2D eigenvalue weighted by Crippen LogP contribution is -2.41. The normalized spacial score (nSPS) is 20.8. The van der Waals surface area contributed by atoms with E-state index < -0.39 is 103 Å². The zero-order valence-corrected chi connectivity index (χ0v) is 52.0. The summed E-state index contributed by atoms with van der Waals surface area (Å²) in [5, 5.41) is 49.6. The van der Waals surface area contributed by atoms with Gasteiger partial charge in [0.05, 0.1) is 95.8 Å². The lowest BCUT2D eigenvalue weighted by Gasteiger charge is -2.26. The van der Waals surface area contributed by atoms with Gasteiger partial charge in [-0.05, 0) is 114 Å². The summed E-state index contributed by atoms with van der Waals surface area (Å²) in [4.78, 5) is 42.3. The van der Waals surface area contributed by atoms with Crippen LogP contribution < -0.4 is 30.7 Å². The minimum absolute atomic E-state index is 0.0185. The van der Waals surface area contributed by atoms with Gasteiger partial charge in [0.1, 0.15) is 56.5 Å². The molecule has 7 aromatic heterocycles. The third kappa shape index (κ3) is 14.0. The summed E-state index contributed by atoms with van der Waals surface area (Å²) in [6, 6.07) is 13.3. The Bertz CT molecular complexity index is 4290. The molecule has 23 nitrogen and oxygen atoms in total. The summed E-state index contributed by atoms with van der Waals surface area (Å²) >= 11 is 2.59. The van der Waals surface area contributed by atoms with Crippen LogP contribution in [0.25, 0.3) is 41.6 Å². The first-order valence-corrected chi connectivity index (χ1v) is 33.4. The second-order valence-corrected chi connectivity index (χ2v) is 27.9. The maximum absolute atomic E-state index is 14.1. The molecule has 90 heavy (non-hydrogen) atoms. The summed E-state index contributed by atoms with van der Waals surface area (Å²) in [5.41, 5.74) is 3.89. The van der Waals surface area contributed by atoms with Crippen LogP contribution in [0.3, 0.4) is 0 Å². The summed E-state index contributed by atoms with van der Waals surface area (Å²) < 4.78 is 126. The molecule has 9 atom stereocenters. The van der Waals surface area contributed by atoms with Gasteiger partial charge < -0.3 is 50.8 Å². The van der Waals surface area contributed by atoms with Crippen LogP contribution in [0.5, 0.6) is 11.6 Å². The van der Waals surface area contributed by atoms with Crippen LogP contribution in [0.1, 0.15) is 55.4 Å². The number of hydrogen-bond donors (Lipinski definition) is 7. The van der Waals surface area contributed by atoms with Crippen molar-refractivity contribution in [2.24, 2.45) is 11.8 Å². The fourth-order valence-electron chi connectivity index (χ4n) is 11.2. The van der Waals surface area contributed by atoms with E-state index in [-0.39, 0.29) is 51.7 Å². The van der Waals surface area contributed by atoms with Crippen molar-refractivity contribution in [2.45, 2.75) is 106 Å². The van der Waals surface area contributed by atoms with Crippen LogP contribution in [0, 0.1) is 38.4 Å². The van der Waals surface area contributed by atoms with E-state index in [0.29, 0.717) is 79.6 Å². The molecule has 2 aromatic carbocycles. The first kappa shape index (κ1) is 63.7. The maximum atomic E-state index is 14.1. The summed E-state index contributed by atoms with van der Waals surface area (Å²) in [6.45, 7) is 10.2. The van der Waals surface area contributed by atoms with E-state index >= 15 is 0 Å². The van der Waals surface area contributed by atoms with Gasteiger partial charge in [0.2, 0.25) is 17.8 Å². The molecule has 2 aliphatic carbocycles. The van der Waals surface area contributed by atoms with E-state index in [1.54, 1.807) is 26.1 Å². The molecule has 0 bridgehead atoms. The molecule has 31 heteroatoms. The van der Waals surface area contributed by atoms with Crippen molar-refractivity contribution in [1.82, 2.24) is 44.9 Å². The second-order valence-electron chi connectivity index (χ2n) is 21.8. The molecule has 7 heterocycles. The number of hydrogen-bond acceptors (Lipinski definition) is 25. The molecule has 2 fully saturated rings. The molecule has 474 valence electrons. The van der Waals surface area contributed by atoms with Gasteiger partial charge in [-0.25, -0.2) is 46.1 Å². The monoisotopic (exact) mass is 1320 g/mol. The Morgan fingerprint density at radius 1 is 0.656 bits per heavy atom. The van der Waals surface area contributed by atoms with Gasteiger partial charge in [-0.3, -0.25) is 9.97 Å². The minimum Gasteiger partial charge on any atom is -0.468 e. The Morgan fingerprint density at radius 3 is 1.86 bits per heavy atom. The van der Waals surface area contributed by atoms with Gasteiger partial charge in [0, 0.05) is 49.8 Å². The number of halogens is 4. The van der Waals surface area contributed by atoms with Crippen LogP contribution >= 0.6 is 22.7 Å².